The fourth-order valence-corrected chi connectivity index (χ4v) is 4.92. The zero-order valence-corrected chi connectivity index (χ0v) is 18.2. The van der Waals surface area contributed by atoms with Crippen LogP contribution in [0.1, 0.15) is 17.5 Å². The van der Waals surface area contributed by atoms with Gasteiger partial charge < -0.3 is 15.4 Å². The number of sulfonamides is 1. The zero-order valence-electron chi connectivity index (χ0n) is 17.4. The summed E-state index contributed by atoms with van der Waals surface area (Å²) < 4.78 is 33.5. The highest BCUT2D eigenvalue weighted by atomic mass is 32.2. The standard InChI is InChI=1S/C22H23N5O4S/c1-31-20-8-6-15-5-7-17(12-19(15)25-20)32(29,30)26-18-9-10-27(22(18)28)13-14-3-2-4-16(11-14)21(23)24/h2-8,11-12,18,26H,9-10,13H2,1H3,(H3,23,24)/t18-/m0/s1. The topological polar surface area (TPSA) is 138 Å². The molecular formula is C22H23N5O4S. The van der Waals surface area contributed by atoms with Crippen molar-refractivity contribution >= 4 is 32.7 Å². The molecule has 1 atom stereocenters. The Labute approximate surface area is 185 Å². The maximum absolute atomic E-state index is 12.9. The van der Waals surface area contributed by atoms with Gasteiger partial charge in [-0.25, -0.2) is 13.4 Å². The maximum atomic E-state index is 12.9. The summed E-state index contributed by atoms with van der Waals surface area (Å²) in [7, 11) is -2.43. The molecule has 4 rings (SSSR count). The highest BCUT2D eigenvalue weighted by Gasteiger charge is 2.35. The van der Waals surface area contributed by atoms with Gasteiger partial charge in [-0.3, -0.25) is 10.2 Å². The molecular weight excluding hydrogens is 430 g/mol. The van der Waals surface area contributed by atoms with Crippen LogP contribution in [-0.4, -0.2) is 49.7 Å². The molecule has 9 nitrogen and oxygen atoms in total. The number of carbonyl (C=O) groups excluding carboxylic acids is 1. The summed E-state index contributed by atoms with van der Waals surface area (Å²) in [6.45, 7) is 0.741. The monoisotopic (exact) mass is 453 g/mol. The van der Waals surface area contributed by atoms with E-state index in [2.05, 4.69) is 9.71 Å². The molecule has 32 heavy (non-hydrogen) atoms. The molecule has 0 bridgehead atoms. The number of hydrogen-bond donors (Lipinski definition) is 3. The quantitative estimate of drug-likeness (QED) is 0.367. The van der Waals surface area contributed by atoms with E-state index in [0.717, 1.165) is 10.9 Å². The number of nitrogens with two attached hydrogens (primary N) is 1. The Bertz CT molecular complexity index is 1310. The Morgan fingerprint density at radius 3 is 2.78 bits per heavy atom. The number of amides is 1. The molecule has 1 amide bonds. The van der Waals surface area contributed by atoms with Crippen molar-refractivity contribution < 1.29 is 17.9 Å². The summed E-state index contributed by atoms with van der Waals surface area (Å²) in [6.07, 6.45) is 0.365. The van der Waals surface area contributed by atoms with Gasteiger partial charge >= 0.3 is 0 Å². The number of benzene rings is 2. The van der Waals surface area contributed by atoms with Crippen LogP contribution >= 0.6 is 0 Å². The number of methoxy groups -OCH3 is 1. The Kier molecular flexibility index (Phi) is 5.81. The number of likely N-dealkylation sites (tertiary alicyclic amines) is 1. The summed E-state index contributed by atoms with van der Waals surface area (Å²) in [5, 5.41) is 8.33. The van der Waals surface area contributed by atoms with E-state index in [4.69, 9.17) is 15.9 Å². The average Bonchev–Trinajstić information content (AvgIpc) is 3.11. The van der Waals surface area contributed by atoms with Gasteiger partial charge in [-0.1, -0.05) is 24.3 Å². The Hall–Kier alpha value is -3.50. The van der Waals surface area contributed by atoms with E-state index in [-0.39, 0.29) is 16.6 Å². The lowest BCUT2D eigenvalue weighted by Crippen LogP contribution is -2.41. The molecule has 0 unspecified atom stereocenters. The fraction of sp³-hybridized carbons (Fsp3) is 0.227. The van der Waals surface area contributed by atoms with Gasteiger partial charge in [-0.2, -0.15) is 4.72 Å². The molecule has 4 N–H and O–H groups in total. The normalized spacial score (nSPS) is 16.5. The first-order chi connectivity index (χ1) is 15.3. The third-order valence-corrected chi connectivity index (χ3v) is 6.83. The van der Waals surface area contributed by atoms with E-state index in [1.807, 2.05) is 6.07 Å². The summed E-state index contributed by atoms with van der Waals surface area (Å²) in [4.78, 5) is 18.7. The molecule has 0 saturated carbocycles. The van der Waals surface area contributed by atoms with Crippen LogP contribution in [0.15, 0.2) is 59.5 Å². The number of nitrogens with one attached hydrogen (secondary N) is 2. The van der Waals surface area contributed by atoms with Crippen LogP contribution in [-0.2, 0) is 21.4 Å². The molecule has 0 spiro atoms. The molecule has 1 aromatic heterocycles. The summed E-state index contributed by atoms with van der Waals surface area (Å²) in [5.74, 6) is 0.0468. The zero-order chi connectivity index (χ0) is 22.9. The van der Waals surface area contributed by atoms with Crippen LogP contribution < -0.4 is 15.2 Å². The van der Waals surface area contributed by atoms with E-state index in [9.17, 15) is 13.2 Å². The molecule has 0 aliphatic carbocycles. The molecule has 1 saturated heterocycles. The number of rotatable bonds is 7. The minimum Gasteiger partial charge on any atom is -0.481 e. The van der Waals surface area contributed by atoms with Crippen molar-refractivity contribution in [1.29, 1.82) is 5.41 Å². The maximum Gasteiger partial charge on any atom is 0.241 e. The van der Waals surface area contributed by atoms with Crippen molar-refractivity contribution in [3.63, 3.8) is 0 Å². The summed E-state index contributed by atoms with van der Waals surface area (Å²) >= 11 is 0. The van der Waals surface area contributed by atoms with Crippen LogP contribution in [0, 0.1) is 5.41 Å². The number of aromatic nitrogens is 1. The Morgan fingerprint density at radius 1 is 1.25 bits per heavy atom. The van der Waals surface area contributed by atoms with E-state index >= 15 is 0 Å². The number of fused-ring (bicyclic) bond motifs is 1. The van der Waals surface area contributed by atoms with E-state index < -0.39 is 16.1 Å². The number of nitrogens with zero attached hydrogens (tertiary/aromatic N) is 2. The molecule has 1 fully saturated rings. The van der Waals surface area contributed by atoms with Gasteiger partial charge in [0.15, 0.2) is 0 Å². The minimum atomic E-state index is -3.92. The highest BCUT2D eigenvalue weighted by molar-refractivity contribution is 7.89. The molecule has 10 heteroatoms. The first-order valence-corrected chi connectivity index (χ1v) is 11.4. The van der Waals surface area contributed by atoms with Gasteiger partial charge in [-0.15, -0.1) is 0 Å². The number of amidine groups is 1. The Balaban J connectivity index is 1.49. The predicted molar refractivity (Wildman–Crippen MR) is 120 cm³/mol. The first-order valence-electron chi connectivity index (χ1n) is 9.96. The number of carbonyl (C=O) groups is 1. The van der Waals surface area contributed by atoms with Crippen LogP contribution in [0.4, 0.5) is 0 Å². The predicted octanol–water partition coefficient (Wildman–Crippen LogP) is 1.61. The molecule has 0 radical (unpaired) electrons. The lowest BCUT2D eigenvalue weighted by atomic mass is 10.1. The van der Waals surface area contributed by atoms with Crippen LogP contribution in [0.5, 0.6) is 5.88 Å². The van der Waals surface area contributed by atoms with Crippen molar-refractivity contribution in [2.75, 3.05) is 13.7 Å². The van der Waals surface area contributed by atoms with Gasteiger partial charge in [0.05, 0.1) is 17.5 Å². The highest BCUT2D eigenvalue weighted by Crippen LogP contribution is 2.22. The van der Waals surface area contributed by atoms with Gasteiger partial charge in [0.2, 0.25) is 21.8 Å². The smallest absolute Gasteiger partial charge is 0.241 e. The second-order valence-electron chi connectivity index (χ2n) is 7.54. The van der Waals surface area contributed by atoms with E-state index in [1.165, 1.54) is 19.2 Å². The van der Waals surface area contributed by atoms with Crippen LogP contribution in [0.2, 0.25) is 0 Å². The molecule has 1 aliphatic rings. The van der Waals surface area contributed by atoms with Crippen molar-refractivity contribution in [1.82, 2.24) is 14.6 Å². The number of hydrogen-bond acceptors (Lipinski definition) is 6. The SMILES string of the molecule is COc1ccc2ccc(S(=O)(=O)N[C@H]3CCN(Cc4cccc(C(=N)N)c4)C3=O)cc2n1. The third kappa shape index (κ3) is 4.41. The molecule has 3 aromatic rings. The Morgan fingerprint density at radius 2 is 2.03 bits per heavy atom. The molecule has 2 heterocycles. The number of pyridine rings is 1. The number of ether oxygens (including phenoxy) is 1. The lowest BCUT2D eigenvalue weighted by Gasteiger charge is -2.18. The van der Waals surface area contributed by atoms with Crippen LogP contribution in [0.3, 0.4) is 0 Å². The van der Waals surface area contributed by atoms with Gasteiger partial charge in [0.25, 0.3) is 0 Å². The van der Waals surface area contributed by atoms with Crippen molar-refractivity contribution in [3.8, 4) is 5.88 Å². The molecule has 166 valence electrons. The minimum absolute atomic E-state index is 0.0335. The second kappa shape index (κ2) is 8.56. The first kappa shape index (κ1) is 21.7. The van der Waals surface area contributed by atoms with E-state index in [0.29, 0.717) is 36.5 Å². The second-order valence-corrected chi connectivity index (χ2v) is 9.26. The van der Waals surface area contributed by atoms with Gasteiger partial charge in [0, 0.05) is 30.1 Å². The third-order valence-electron chi connectivity index (χ3n) is 5.36. The van der Waals surface area contributed by atoms with E-state index in [1.54, 1.807) is 41.3 Å². The fourth-order valence-electron chi connectivity index (χ4n) is 3.68. The van der Waals surface area contributed by atoms with Crippen LogP contribution in [0.25, 0.3) is 10.9 Å². The molecule has 1 aliphatic heterocycles. The van der Waals surface area contributed by atoms with Crippen molar-refractivity contribution in [2.24, 2.45) is 5.73 Å². The van der Waals surface area contributed by atoms with Gasteiger partial charge in [0.1, 0.15) is 11.9 Å². The summed E-state index contributed by atoms with van der Waals surface area (Å²) in [6, 6.07) is 14.4. The van der Waals surface area contributed by atoms with Crippen molar-refractivity contribution in [3.05, 3.63) is 65.7 Å². The average molecular weight is 454 g/mol. The lowest BCUT2D eigenvalue weighted by molar-refractivity contribution is -0.129. The van der Waals surface area contributed by atoms with Gasteiger partial charge in [-0.05, 0) is 36.2 Å². The van der Waals surface area contributed by atoms with Crippen molar-refractivity contribution in [2.45, 2.75) is 23.9 Å². The number of nitrogen functional groups attached to an aromatic ring is 1. The molecule has 2 aromatic carbocycles. The summed E-state index contributed by atoms with van der Waals surface area (Å²) in [5.41, 5.74) is 7.41. The largest absolute Gasteiger partial charge is 0.481 e.